The molecule has 0 radical (unpaired) electrons. The van der Waals surface area contributed by atoms with Crippen molar-refractivity contribution in [3.8, 4) is 11.4 Å². The average Bonchev–Trinajstić information content (AvgIpc) is 3.88. The molecule has 0 N–H and O–H groups in total. The number of benzene rings is 4. The molecule has 0 fully saturated rings. The number of nitrogens with zero attached hydrogens (tertiary/aromatic N) is 2. The second-order valence-electron chi connectivity index (χ2n) is 12.7. The summed E-state index contributed by atoms with van der Waals surface area (Å²) in [6.45, 7) is 0. The van der Waals surface area contributed by atoms with Gasteiger partial charge in [0.1, 0.15) is 0 Å². The van der Waals surface area contributed by atoms with E-state index in [1.165, 1.54) is 94.2 Å². The molecule has 0 amide bonds. The number of allylic oxidation sites excluding steroid dienone is 2. The van der Waals surface area contributed by atoms with Gasteiger partial charge in [-0.1, -0.05) is 0 Å². The van der Waals surface area contributed by atoms with Gasteiger partial charge in [0.2, 0.25) is 0 Å². The van der Waals surface area contributed by atoms with Crippen molar-refractivity contribution in [3.63, 3.8) is 0 Å². The van der Waals surface area contributed by atoms with Crippen LogP contribution in [0.1, 0.15) is 64.9 Å². The topological polar surface area (TPSA) is 9.86 Å². The predicted octanol–water partition coefficient (Wildman–Crippen LogP) is 3.48. The number of aryl methyl sites for hydroxylation is 2. The van der Waals surface area contributed by atoms with Gasteiger partial charge in [-0.15, -0.1) is 0 Å². The Labute approximate surface area is 288 Å². The second-order valence-corrected chi connectivity index (χ2v) is 16.5. The molecule has 0 aliphatic heterocycles. The fourth-order valence-electron chi connectivity index (χ4n) is 8.73. The maximum Gasteiger partial charge on any atom is -1.00 e. The van der Waals surface area contributed by atoms with Crippen LogP contribution in [-0.2, 0) is 48.9 Å². The van der Waals surface area contributed by atoms with E-state index in [0.29, 0.717) is 7.25 Å². The first kappa shape index (κ1) is 29.3. The molecule has 4 aliphatic carbocycles. The van der Waals surface area contributed by atoms with Crippen molar-refractivity contribution in [3.05, 3.63) is 142 Å². The van der Waals surface area contributed by atoms with Gasteiger partial charge in [0.05, 0.1) is 0 Å². The third-order valence-corrected chi connectivity index (χ3v) is 14.8. The van der Waals surface area contributed by atoms with Crippen molar-refractivity contribution >= 4 is 34.0 Å². The molecule has 0 bridgehead atoms. The number of rotatable bonds is 4. The molecular weight excluding hydrogens is 671 g/mol. The van der Waals surface area contributed by atoms with E-state index < -0.39 is 23.2 Å². The molecule has 45 heavy (non-hydrogen) atoms. The van der Waals surface area contributed by atoms with Gasteiger partial charge in [-0.25, -0.2) is 0 Å². The zero-order valence-corrected chi connectivity index (χ0v) is 28.9. The van der Waals surface area contributed by atoms with E-state index >= 15 is 0 Å². The molecule has 6 aromatic rings. The van der Waals surface area contributed by atoms with Crippen molar-refractivity contribution in [2.45, 2.75) is 45.8 Å². The monoisotopic (exact) mass is 700 g/mol. The number of aromatic nitrogens is 2. The first-order valence-corrected chi connectivity index (χ1v) is 18.8. The Morgan fingerprint density at radius 1 is 0.511 bits per heavy atom. The van der Waals surface area contributed by atoms with E-state index in [1.54, 1.807) is 22.3 Å². The SMILES string of the molecule is C1=C[CH]([Zr+2][CH]2C=Cc3c2cccc3-n2c3c(c4ccccc42)CCC3)c2cccc(-n3c4c(c5ccccc53)CCC4)c21.[Cl-].[Cl-]. The van der Waals surface area contributed by atoms with E-state index in [4.69, 9.17) is 0 Å². The number of para-hydroxylation sites is 2. The predicted molar refractivity (Wildman–Crippen MR) is 174 cm³/mol. The Morgan fingerprint density at radius 2 is 0.978 bits per heavy atom. The van der Waals surface area contributed by atoms with E-state index in [-0.39, 0.29) is 24.8 Å². The molecule has 2 unspecified atom stereocenters. The number of halogens is 2. The molecule has 2 aromatic heterocycles. The molecule has 4 aliphatic rings. The number of hydrogen-bond acceptors (Lipinski definition) is 0. The summed E-state index contributed by atoms with van der Waals surface area (Å²) in [5, 5.41) is 2.90. The molecule has 5 heteroatoms. The molecule has 220 valence electrons. The van der Waals surface area contributed by atoms with Gasteiger partial charge in [-0.3, -0.25) is 0 Å². The summed E-state index contributed by atoms with van der Waals surface area (Å²) in [5.41, 5.74) is 17.8. The van der Waals surface area contributed by atoms with Crippen LogP contribution in [0.5, 0.6) is 0 Å². The van der Waals surface area contributed by atoms with E-state index in [9.17, 15) is 0 Å². The van der Waals surface area contributed by atoms with Crippen molar-refractivity contribution in [2.24, 2.45) is 0 Å². The first-order chi connectivity index (χ1) is 21.3. The molecule has 0 saturated heterocycles. The van der Waals surface area contributed by atoms with Crippen molar-refractivity contribution in [2.75, 3.05) is 0 Å². The van der Waals surface area contributed by atoms with Gasteiger partial charge < -0.3 is 24.8 Å². The molecular formula is C40H32Cl2N2Zr. The summed E-state index contributed by atoms with van der Waals surface area (Å²) >= 11 is -0.877. The number of hydrogen-bond donors (Lipinski definition) is 0. The van der Waals surface area contributed by atoms with Gasteiger partial charge in [0.25, 0.3) is 0 Å². The third-order valence-electron chi connectivity index (χ3n) is 10.5. The molecule has 2 atom stereocenters. The quantitative estimate of drug-likeness (QED) is 0.267. The molecule has 10 rings (SSSR count). The molecule has 2 nitrogen and oxygen atoms in total. The van der Waals surface area contributed by atoms with Crippen molar-refractivity contribution in [1.29, 1.82) is 0 Å². The van der Waals surface area contributed by atoms with E-state index in [2.05, 4.69) is 118 Å². The molecule has 2 heterocycles. The minimum Gasteiger partial charge on any atom is -1.00 e. The zero-order valence-electron chi connectivity index (χ0n) is 24.9. The minimum atomic E-state index is -0.877. The van der Waals surface area contributed by atoms with E-state index in [0.717, 1.165) is 0 Å². The van der Waals surface area contributed by atoms with Crippen LogP contribution in [0.4, 0.5) is 0 Å². The van der Waals surface area contributed by atoms with Gasteiger partial charge in [-0.05, 0) is 0 Å². The van der Waals surface area contributed by atoms with Crippen LogP contribution in [-0.4, -0.2) is 9.13 Å². The molecule has 0 spiro atoms. The van der Waals surface area contributed by atoms with E-state index in [1.807, 2.05) is 0 Å². The maximum absolute atomic E-state index is 2.60. The summed E-state index contributed by atoms with van der Waals surface area (Å²) < 4.78 is 6.39. The minimum absolute atomic E-state index is 0. The Kier molecular flexibility index (Phi) is 7.36. The van der Waals surface area contributed by atoms with Gasteiger partial charge in [0, 0.05) is 0 Å². The third kappa shape index (κ3) is 4.23. The summed E-state index contributed by atoms with van der Waals surface area (Å²) in [4.78, 5) is 0. The van der Waals surface area contributed by atoms with Gasteiger partial charge in [0.15, 0.2) is 0 Å². The van der Waals surface area contributed by atoms with Gasteiger partial charge in [-0.2, -0.15) is 0 Å². The van der Waals surface area contributed by atoms with Crippen LogP contribution in [0.3, 0.4) is 0 Å². The first-order valence-electron chi connectivity index (χ1n) is 16.0. The van der Waals surface area contributed by atoms with Crippen molar-refractivity contribution in [1.82, 2.24) is 9.13 Å². The Hall–Kier alpha value is -3.10. The van der Waals surface area contributed by atoms with Crippen LogP contribution in [0.25, 0.3) is 45.3 Å². The summed E-state index contributed by atoms with van der Waals surface area (Å²) in [7, 11) is 0. The van der Waals surface area contributed by atoms with Crippen LogP contribution in [0.2, 0.25) is 0 Å². The molecule has 0 saturated carbocycles. The standard InChI is InChI=1S/2C20H16N.2ClH.Zr/c2*1-2-11-19-16(8-1)17-10-5-13-20(17)21(19)18-12-4-7-14-6-3-9-15(14)18;;;/h2*1-4,6-9,11-12H,5,10,13H2;2*1H;/q;;;;+2/p-2. The number of fused-ring (bicyclic) bond motifs is 8. The van der Waals surface area contributed by atoms with Crippen molar-refractivity contribution < 1.29 is 48.0 Å². The fraction of sp³-hybridized carbons (Fsp3) is 0.200. The summed E-state index contributed by atoms with van der Waals surface area (Å²) in [5.74, 6) is 0. The normalized spacial score (nSPS) is 18.4. The zero-order chi connectivity index (χ0) is 28.1. The molecule has 4 aromatic carbocycles. The summed E-state index contributed by atoms with van der Waals surface area (Å²) in [6, 6.07) is 32.3. The Morgan fingerprint density at radius 3 is 1.47 bits per heavy atom. The second kappa shape index (κ2) is 11.3. The fourth-order valence-corrected chi connectivity index (χ4v) is 12.8. The van der Waals surface area contributed by atoms with Crippen LogP contribution in [0.15, 0.2) is 97.1 Å². The Bertz CT molecular complexity index is 2040. The smallest absolute Gasteiger partial charge is 1.00 e. The largest absolute Gasteiger partial charge is 1.00 e. The van der Waals surface area contributed by atoms with Crippen LogP contribution < -0.4 is 24.8 Å². The van der Waals surface area contributed by atoms with Gasteiger partial charge >= 0.3 is 265 Å². The Balaban J connectivity index is 0.00000150. The van der Waals surface area contributed by atoms with Crippen LogP contribution in [0, 0.1) is 0 Å². The maximum atomic E-state index is 2.60. The summed E-state index contributed by atoms with van der Waals surface area (Å²) in [6.07, 6.45) is 17.3. The van der Waals surface area contributed by atoms with Crippen LogP contribution >= 0.6 is 0 Å². The average molecular weight is 703 g/mol.